The lowest BCUT2D eigenvalue weighted by molar-refractivity contribution is -0.121. The van der Waals surface area contributed by atoms with E-state index in [1.165, 1.54) is 0 Å². The van der Waals surface area contributed by atoms with Crippen LogP contribution in [0.15, 0.2) is 24.3 Å². The van der Waals surface area contributed by atoms with Gasteiger partial charge in [0.2, 0.25) is 5.91 Å². The van der Waals surface area contributed by atoms with Crippen LogP contribution in [0.3, 0.4) is 0 Å². The van der Waals surface area contributed by atoms with E-state index in [1.54, 1.807) is 24.0 Å². The van der Waals surface area contributed by atoms with E-state index in [0.717, 1.165) is 17.9 Å². The molecule has 1 aromatic rings. The average molecular weight is 347 g/mol. The fourth-order valence-corrected chi connectivity index (χ4v) is 3.22. The highest BCUT2D eigenvalue weighted by molar-refractivity contribution is 5.84. The molecular formula is C17H25N5O3. The maximum absolute atomic E-state index is 12.2. The summed E-state index contributed by atoms with van der Waals surface area (Å²) < 4.78 is 5.19. The Morgan fingerprint density at radius 1 is 1.32 bits per heavy atom. The first-order chi connectivity index (χ1) is 12.1. The Bertz CT molecular complexity index is 621. The highest BCUT2D eigenvalue weighted by atomic mass is 16.5. The van der Waals surface area contributed by atoms with E-state index in [4.69, 9.17) is 4.74 Å². The molecule has 0 bridgehead atoms. The van der Waals surface area contributed by atoms with Crippen molar-refractivity contribution in [3.05, 3.63) is 29.8 Å². The molecule has 2 heterocycles. The SMILES string of the molecule is COc1ccc(C2NNCC2CNC(=O)CN2CCN(C)C2=O)cc1. The summed E-state index contributed by atoms with van der Waals surface area (Å²) in [6.45, 7) is 2.70. The van der Waals surface area contributed by atoms with Gasteiger partial charge in [0, 0.05) is 39.1 Å². The van der Waals surface area contributed by atoms with Gasteiger partial charge >= 0.3 is 6.03 Å². The minimum atomic E-state index is -0.121. The number of benzene rings is 1. The number of likely N-dealkylation sites (N-methyl/N-ethyl adjacent to an activating group) is 1. The van der Waals surface area contributed by atoms with Crippen molar-refractivity contribution < 1.29 is 14.3 Å². The maximum atomic E-state index is 12.2. The van der Waals surface area contributed by atoms with Crippen LogP contribution in [0.5, 0.6) is 5.75 Å². The molecule has 2 saturated heterocycles. The number of carbonyl (C=O) groups is 2. The molecule has 8 heteroatoms. The van der Waals surface area contributed by atoms with Gasteiger partial charge in [0.1, 0.15) is 12.3 Å². The summed E-state index contributed by atoms with van der Waals surface area (Å²) in [6.07, 6.45) is 0. The quantitative estimate of drug-likeness (QED) is 0.671. The fraction of sp³-hybridized carbons (Fsp3) is 0.529. The van der Waals surface area contributed by atoms with Gasteiger partial charge in [-0.3, -0.25) is 10.2 Å². The molecule has 0 spiro atoms. The van der Waals surface area contributed by atoms with E-state index in [9.17, 15) is 9.59 Å². The van der Waals surface area contributed by atoms with Gasteiger partial charge in [-0.1, -0.05) is 12.1 Å². The smallest absolute Gasteiger partial charge is 0.320 e. The van der Waals surface area contributed by atoms with Gasteiger partial charge < -0.3 is 19.9 Å². The lowest BCUT2D eigenvalue weighted by Crippen LogP contribution is -2.41. The van der Waals surface area contributed by atoms with E-state index in [0.29, 0.717) is 19.6 Å². The van der Waals surface area contributed by atoms with E-state index in [2.05, 4.69) is 16.2 Å². The maximum Gasteiger partial charge on any atom is 0.320 e. The van der Waals surface area contributed by atoms with Crippen molar-refractivity contribution in [3.63, 3.8) is 0 Å². The Labute approximate surface area is 147 Å². The van der Waals surface area contributed by atoms with Gasteiger partial charge in [0.25, 0.3) is 0 Å². The third kappa shape index (κ3) is 4.02. The molecule has 3 amide bonds. The molecule has 8 nitrogen and oxygen atoms in total. The summed E-state index contributed by atoms with van der Waals surface area (Å²) in [7, 11) is 3.39. The molecule has 3 rings (SSSR count). The highest BCUT2D eigenvalue weighted by Crippen LogP contribution is 2.26. The number of nitrogens with one attached hydrogen (secondary N) is 3. The van der Waals surface area contributed by atoms with E-state index >= 15 is 0 Å². The summed E-state index contributed by atoms with van der Waals surface area (Å²) in [6, 6.07) is 7.94. The van der Waals surface area contributed by atoms with Crippen LogP contribution in [0.1, 0.15) is 11.6 Å². The summed E-state index contributed by atoms with van der Waals surface area (Å²) in [5.41, 5.74) is 7.55. The monoisotopic (exact) mass is 347 g/mol. The van der Waals surface area contributed by atoms with Gasteiger partial charge in [0.15, 0.2) is 0 Å². The predicted molar refractivity (Wildman–Crippen MR) is 93.0 cm³/mol. The molecule has 136 valence electrons. The molecule has 25 heavy (non-hydrogen) atoms. The Morgan fingerprint density at radius 3 is 2.72 bits per heavy atom. The van der Waals surface area contributed by atoms with Gasteiger partial charge in [-0.05, 0) is 17.7 Å². The Hall–Kier alpha value is -2.32. The molecule has 2 aliphatic heterocycles. The second-order valence-corrected chi connectivity index (χ2v) is 6.47. The van der Waals surface area contributed by atoms with Crippen LogP contribution >= 0.6 is 0 Å². The molecule has 0 aromatic heterocycles. The van der Waals surface area contributed by atoms with Gasteiger partial charge in [0.05, 0.1) is 13.2 Å². The molecule has 1 aromatic carbocycles. The topological polar surface area (TPSA) is 85.9 Å². The van der Waals surface area contributed by atoms with Gasteiger partial charge in [-0.25, -0.2) is 10.2 Å². The van der Waals surface area contributed by atoms with Crippen LogP contribution in [0.4, 0.5) is 4.79 Å². The molecule has 2 fully saturated rings. The zero-order valence-electron chi connectivity index (χ0n) is 14.6. The third-order valence-electron chi connectivity index (χ3n) is 4.77. The van der Waals surface area contributed by atoms with Crippen molar-refractivity contribution in [3.8, 4) is 5.75 Å². The first-order valence-electron chi connectivity index (χ1n) is 8.47. The third-order valence-corrected chi connectivity index (χ3v) is 4.77. The fourth-order valence-electron chi connectivity index (χ4n) is 3.22. The van der Waals surface area contributed by atoms with E-state index < -0.39 is 0 Å². The summed E-state index contributed by atoms with van der Waals surface area (Å²) in [5, 5.41) is 2.95. The summed E-state index contributed by atoms with van der Waals surface area (Å²) in [4.78, 5) is 27.2. The molecule has 0 saturated carbocycles. The number of hydrazine groups is 1. The van der Waals surface area contributed by atoms with E-state index in [-0.39, 0.29) is 30.4 Å². The number of amides is 3. The molecule has 2 unspecified atom stereocenters. The zero-order valence-corrected chi connectivity index (χ0v) is 14.6. The second kappa shape index (κ2) is 7.71. The Morgan fingerprint density at radius 2 is 2.08 bits per heavy atom. The van der Waals surface area contributed by atoms with Gasteiger partial charge in [-0.15, -0.1) is 0 Å². The largest absolute Gasteiger partial charge is 0.497 e. The zero-order chi connectivity index (χ0) is 17.8. The average Bonchev–Trinajstić information content (AvgIpc) is 3.22. The van der Waals surface area contributed by atoms with Crippen molar-refractivity contribution in [1.82, 2.24) is 26.0 Å². The number of ether oxygens (including phenoxy) is 1. The first kappa shape index (κ1) is 17.5. The Kier molecular flexibility index (Phi) is 5.40. The van der Waals surface area contributed by atoms with Crippen LogP contribution in [0.2, 0.25) is 0 Å². The van der Waals surface area contributed by atoms with Crippen molar-refractivity contribution in [2.24, 2.45) is 5.92 Å². The Balaban J connectivity index is 1.51. The number of carbonyl (C=O) groups excluding carboxylic acids is 2. The van der Waals surface area contributed by atoms with Gasteiger partial charge in [-0.2, -0.15) is 0 Å². The van der Waals surface area contributed by atoms with Crippen molar-refractivity contribution in [1.29, 1.82) is 0 Å². The van der Waals surface area contributed by atoms with Crippen LogP contribution in [-0.4, -0.2) is 68.6 Å². The normalized spacial score (nSPS) is 23.2. The minimum Gasteiger partial charge on any atom is -0.497 e. The molecule has 0 aliphatic carbocycles. The number of methoxy groups -OCH3 is 1. The number of rotatable bonds is 6. The summed E-state index contributed by atoms with van der Waals surface area (Å²) >= 11 is 0. The minimum absolute atomic E-state index is 0.0875. The van der Waals surface area contributed by atoms with E-state index in [1.807, 2.05) is 24.3 Å². The number of urea groups is 1. The number of hydrogen-bond acceptors (Lipinski definition) is 5. The van der Waals surface area contributed by atoms with Crippen molar-refractivity contribution in [2.75, 3.05) is 46.9 Å². The van der Waals surface area contributed by atoms with Crippen LogP contribution in [-0.2, 0) is 4.79 Å². The van der Waals surface area contributed by atoms with Crippen LogP contribution in [0.25, 0.3) is 0 Å². The molecule has 2 atom stereocenters. The van der Waals surface area contributed by atoms with Crippen molar-refractivity contribution >= 4 is 11.9 Å². The standard InChI is InChI=1S/C17H25N5O3/c1-21-7-8-22(17(21)24)11-15(23)18-9-13-10-19-20-16(13)12-3-5-14(25-2)6-4-12/h3-6,13,16,19-20H,7-11H2,1-2H3,(H,18,23). The molecule has 3 N–H and O–H groups in total. The number of nitrogens with zero attached hydrogens (tertiary/aromatic N) is 2. The van der Waals surface area contributed by atoms with Crippen LogP contribution in [0, 0.1) is 5.92 Å². The molecule has 0 radical (unpaired) electrons. The molecular weight excluding hydrogens is 322 g/mol. The highest BCUT2D eigenvalue weighted by Gasteiger charge is 2.30. The van der Waals surface area contributed by atoms with Crippen molar-refractivity contribution in [2.45, 2.75) is 6.04 Å². The van der Waals surface area contributed by atoms with Crippen LogP contribution < -0.4 is 20.9 Å². The number of hydrogen-bond donors (Lipinski definition) is 3. The predicted octanol–water partition coefficient (Wildman–Crippen LogP) is -0.0561. The second-order valence-electron chi connectivity index (χ2n) is 6.47. The lowest BCUT2D eigenvalue weighted by Gasteiger charge is -2.21. The summed E-state index contributed by atoms with van der Waals surface area (Å²) in [5.74, 6) is 0.929. The lowest BCUT2D eigenvalue weighted by atomic mass is 9.95. The molecule has 2 aliphatic rings. The first-order valence-corrected chi connectivity index (χ1v) is 8.47.